The lowest BCUT2D eigenvalue weighted by Gasteiger charge is -2.18. The summed E-state index contributed by atoms with van der Waals surface area (Å²) < 4.78 is 0. The van der Waals surface area contributed by atoms with E-state index in [-0.39, 0.29) is 36.3 Å². The predicted molar refractivity (Wildman–Crippen MR) is 120 cm³/mol. The molecule has 9 nitrogen and oxygen atoms in total. The van der Waals surface area contributed by atoms with E-state index in [9.17, 15) is 9.59 Å². The normalized spacial score (nSPS) is 11.6. The molecule has 0 saturated carbocycles. The van der Waals surface area contributed by atoms with E-state index in [0.717, 1.165) is 11.1 Å². The number of aromatic amines is 1. The number of benzene rings is 2. The van der Waals surface area contributed by atoms with Gasteiger partial charge >= 0.3 is 0 Å². The molecule has 3 rings (SSSR count). The van der Waals surface area contributed by atoms with Gasteiger partial charge in [0.15, 0.2) is 0 Å². The van der Waals surface area contributed by atoms with Gasteiger partial charge in [-0.25, -0.2) is 5.10 Å². The summed E-state index contributed by atoms with van der Waals surface area (Å²) in [6, 6.07) is 12.2. The molecule has 2 aromatic carbocycles. The molecule has 0 radical (unpaired) electrons. The number of anilines is 3. The summed E-state index contributed by atoms with van der Waals surface area (Å²) in [7, 11) is 0. The van der Waals surface area contributed by atoms with Crippen molar-refractivity contribution < 1.29 is 9.59 Å². The van der Waals surface area contributed by atoms with Gasteiger partial charge in [-0.2, -0.15) is 4.98 Å². The van der Waals surface area contributed by atoms with Gasteiger partial charge in [0, 0.05) is 16.3 Å². The zero-order valence-electron chi connectivity index (χ0n) is 17.2. The number of halogens is 1. The van der Waals surface area contributed by atoms with Crippen LogP contribution in [-0.2, 0) is 4.79 Å². The van der Waals surface area contributed by atoms with Crippen molar-refractivity contribution in [3.8, 4) is 0 Å². The van der Waals surface area contributed by atoms with Crippen LogP contribution in [0.4, 0.5) is 17.6 Å². The first-order valence-electron chi connectivity index (χ1n) is 9.73. The van der Waals surface area contributed by atoms with Gasteiger partial charge in [0.25, 0.3) is 5.91 Å². The smallest absolute Gasteiger partial charge is 0.251 e. The molecule has 0 aliphatic rings. The maximum Gasteiger partial charge on any atom is 0.251 e. The quantitative estimate of drug-likeness (QED) is 0.364. The Morgan fingerprint density at radius 1 is 1.23 bits per heavy atom. The fraction of sp³-hybridized carbons (Fsp3) is 0.238. The molecule has 0 aliphatic carbocycles. The third-order valence-electron chi connectivity index (χ3n) is 4.50. The number of aryl methyl sites for hydroxylation is 1. The summed E-state index contributed by atoms with van der Waals surface area (Å²) in [6.45, 7) is 3.77. The molecule has 1 aromatic heterocycles. The van der Waals surface area contributed by atoms with Crippen LogP contribution in [0.5, 0.6) is 0 Å². The van der Waals surface area contributed by atoms with E-state index < -0.39 is 0 Å². The van der Waals surface area contributed by atoms with E-state index >= 15 is 0 Å². The topological polar surface area (TPSA) is 138 Å². The van der Waals surface area contributed by atoms with Crippen LogP contribution < -0.4 is 21.7 Å². The number of nitrogens with one attached hydrogen (secondary N) is 4. The maximum atomic E-state index is 12.5. The van der Waals surface area contributed by atoms with E-state index in [4.69, 9.17) is 17.3 Å². The predicted octanol–water partition coefficient (Wildman–Crippen LogP) is 3.09. The molecule has 10 heteroatoms. The minimum Gasteiger partial charge on any atom is -0.368 e. The van der Waals surface area contributed by atoms with Crippen LogP contribution in [-0.4, -0.2) is 33.5 Å². The van der Waals surface area contributed by atoms with Crippen molar-refractivity contribution in [2.75, 3.05) is 17.6 Å². The first-order chi connectivity index (χ1) is 14.8. The molecular weight excluding hydrogens is 418 g/mol. The van der Waals surface area contributed by atoms with E-state index in [1.807, 2.05) is 32.0 Å². The summed E-state index contributed by atoms with van der Waals surface area (Å²) in [5.41, 5.74) is 8.44. The molecule has 3 aromatic rings. The van der Waals surface area contributed by atoms with E-state index in [1.54, 1.807) is 24.3 Å². The number of H-pyrrole nitrogens is 1. The molecule has 162 valence electrons. The van der Waals surface area contributed by atoms with E-state index in [2.05, 4.69) is 31.1 Å². The van der Waals surface area contributed by atoms with Gasteiger partial charge in [-0.3, -0.25) is 9.59 Å². The molecule has 0 fully saturated rings. The van der Waals surface area contributed by atoms with E-state index in [0.29, 0.717) is 22.7 Å². The summed E-state index contributed by atoms with van der Waals surface area (Å²) in [5.74, 6) is -0.194. The number of rotatable bonds is 8. The highest BCUT2D eigenvalue weighted by atomic mass is 35.5. The van der Waals surface area contributed by atoms with Gasteiger partial charge < -0.3 is 21.7 Å². The van der Waals surface area contributed by atoms with Crippen LogP contribution in [0.2, 0.25) is 5.02 Å². The summed E-state index contributed by atoms with van der Waals surface area (Å²) in [4.78, 5) is 28.8. The van der Waals surface area contributed by atoms with Crippen molar-refractivity contribution in [3.63, 3.8) is 0 Å². The van der Waals surface area contributed by atoms with Gasteiger partial charge in [0.05, 0.1) is 12.6 Å². The summed E-state index contributed by atoms with van der Waals surface area (Å²) in [5, 5.41) is 15.5. The van der Waals surface area contributed by atoms with Gasteiger partial charge in [-0.1, -0.05) is 30.7 Å². The zero-order chi connectivity index (χ0) is 22.4. The zero-order valence-corrected chi connectivity index (χ0v) is 18.0. The Morgan fingerprint density at radius 2 is 2.03 bits per heavy atom. The minimum atomic E-state index is -0.375. The van der Waals surface area contributed by atoms with E-state index in [1.165, 1.54) is 0 Å². The van der Waals surface area contributed by atoms with Crippen molar-refractivity contribution in [2.24, 2.45) is 0 Å². The first kappa shape index (κ1) is 22.1. The molecule has 1 heterocycles. The molecule has 1 atom stereocenters. The molecular formula is C21H24ClN7O2. The second-order valence-electron chi connectivity index (χ2n) is 7.02. The van der Waals surface area contributed by atoms with Crippen molar-refractivity contribution in [1.82, 2.24) is 25.8 Å². The Hall–Kier alpha value is -3.59. The average molecular weight is 442 g/mol. The van der Waals surface area contributed by atoms with Gasteiger partial charge in [0.2, 0.25) is 17.8 Å². The molecule has 1 unspecified atom stereocenters. The second kappa shape index (κ2) is 9.94. The van der Waals surface area contributed by atoms with Crippen molar-refractivity contribution in [1.29, 1.82) is 0 Å². The SMILES string of the molecule is CCC(NC(=O)CNC(=O)c1cccc(Nc2n[nH]c(N)n2)c1)c1cc(C)cc(Cl)c1. The number of nitrogen functional groups attached to an aromatic ring is 1. The highest BCUT2D eigenvalue weighted by Crippen LogP contribution is 2.22. The largest absolute Gasteiger partial charge is 0.368 e. The highest BCUT2D eigenvalue weighted by molar-refractivity contribution is 6.30. The van der Waals surface area contributed by atoms with Gasteiger partial charge in [-0.15, -0.1) is 5.10 Å². The lowest BCUT2D eigenvalue weighted by molar-refractivity contribution is -0.120. The van der Waals surface area contributed by atoms with Crippen LogP contribution in [0.1, 0.15) is 40.9 Å². The lowest BCUT2D eigenvalue weighted by atomic mass is 10.0. The number of nitrogens with zero attached hydrogens (tertiary/aromatic N) is 2. The van der Waals surface area contributed by atoms with Crippen molar-refractivity contribution in [3.05, 3.63) is 64.2 Å². The van der Waals surface area contributed by atoms with Crippen LogP contribution in [0, 0.1) is 6.92 Å². The fourth-order valence-corrected chi connectivity index (χ4v) is 3.39. The molecule has 0 bridgehead atoms. The average Bonchev–Trinajstić information content (AvgIpc) is 3.14. The Bertz CT molecular complexity index is 1060. The number of hydrogen-bond donors (Lipinski definition) is 5. The lowest BCUT2D eigenvalue weighted by Crippen LogP contribution is -2.38. The van der Waals surface area contributed by atoms with Gasteiger partial charge in [0.1, 0.15) is 0 Å². The molecule has 2 amide bonds. The second-order valence-corrected chi connectivity index (χ2v) is 7.46. The Kier molecular flexibility index (Phi) is 7.09. The van der Waals surface area contributed by atoms with Gasteiger partial charge in [-0.05, 0) is 54.8 Å². The standard InChI is InChI=1S/C21H24ClN7O2/c1-3-17(14-7-12(2)8-15(22)9-14)26-18(30)11-24-19(31)13-5-4-6-16(10-13)25-21-27-20(23)28-29-21/h4-10,17H,3,11H2,1-2H3,(H,24,31)(H,26,30)(H4,23,25,27,28,29). The Morgan fingerprint density at radius 3 is 2.71 bits per heavy atom. The number of aromatic nitrogens is 3. The van der Waals surface area contributed by atoms with Crippen LogP contribution in [0.3, 0.4) is 0 Å². The van der Waals surface area contributed by atoms with Crippen molar-refractivity contribution >= 4 is 41.0 Å². The number of amides is 2. The Labute approximate surface area is 184 Å². The highest BCUT2D eigenvalue weighted by Gasteiger charge is 2.15. The summed E-state index contributed by atoms with van der Waals surface area (Å²) in [6.07, 6.45) is 0.693. The van der Waals surface area contributed by atoms with Crippen LogP contribution >= 0.6 is 11.6 Å². The molecule has 0 saturated heterocycles. The van der Waals surface area contributed by atoms with Crippen LogP contribution in [0.25, 0.3) is 0 Å². The third kappa shape index (κ3) is 6.19. The fourth-order valence-electron chi connectivity index (χ4n) is 3.09. The maximum absolute atomic E-state index is 12.5. The summed E-state index contributed by atoms with van der Waals surface area (Å²) >= 11 is 6.13. The molecule has 6 N–H and O–H groups in total. The third-order valence-corrected chi connectivity index (χ3v) is 4.72. The number of nitrogens with two attached hydrogens (primary N) is 1. The molecule has 31 heavy (non-hydrogen) atoms. The van der Waals surface area contributed by atoms with Crippen LogP contribution in [0.15, 0.2) is 42.5 Å². The molecule has 0 aliphatic heterocycles. The number of hydrogen-bond acceptors (Lipinski definition) is 6. The minimum absolute atomic E-state index is 0.149. The molecule has 0 spiro atoms. The first-order valence-corrected chi connectivity index (χ1v) is 10.1. The number of carbonyl (C=O) groups is 2. The monoisotopic (exact) mass is 441 g/mol. The van der Waals surface area contributed by atoms with Crippen molar-refractivity contribution in [2.45, 2.75) is 26.3 Å². The number of carbonyl (C=O) groups excluding carboxylic acids is 2. The Balaban J connectivity index is 1.57.